The molecule has 2 aromatic rings. The van der Waals surface area contributed by atoms with Crippen molar-refractivity contribution in [2.45, 2.75) is 52.0 Å². The van der Waals surface area contributed by atoms with E-state index in [1.807, 2.05) is 11.3 Å². The van der Waals surface area contributed by atoms with Crippen molar-refractivity contribution in [2.24, 2.45) is 5.41 Å². The molecule has 0 saturated heterocycles. The molecular formula is C18H24BrNS. The number of halogens is 1. The average molecular weight is 366 g/mol. The molecule has 1 N–H and O–H groups in total. The molecule has 21 heavy (non-hydrogen) atoms. The number of hydrogen-bond donors (Lipinski definition) is 1. The Bertz CT molecular complexity index is 613. The van der Waals surface area contributed by atoms with Gasteiger partial charge in [-0.1, -0.05) is 45.2 Å². The van der Waals surface area contributed by atoms with Gasteiger partial charge < -0.3 is 5.32 Å². The normalized spacial score (nSPS) is 19.8. The standard InChI is InChI=1S/C18H24BrNS/c1-3-20-17(18(2)10-5-4-6-11-18)14-12-21-16-13(14)8-7-9-15(16)19/h7-9,12,17,20H,3-6,10-11H2,1-2H3. The summed E-state index contributed by atoms with van der Waals surface area (Å²) in [5.41, 5.74) is 1.90. The topological polar surface area (TPSA) is 12.0 Å². The van der Waals surface area contributed by atoms with E-state index in [-0.39, 0.29) is 0 Å². The first-order valence-corrected chi connectivity index (χ1v) is 9.72. The van der Waals surface area contributed by atoms with Gasteiger partial charge in [-0.05, 0) is 63.1 Å². The van der Waals surface area contributed by atoms with Crippen LogP contribution in [-0.4, -0.2) is 6.54 Å². The van der Waals surface area contributed by atoms with Crippen molar-refractivity contribution in [2.75, 3.05) is 6.54 Å². The first-order valence-electron chi connectivity index (χ1n) is 8.05. The lowest BCUT2D eigenvalue weighted by molar-refractivity contribution is 0.147. The van der Waals surface area contributed by atoms with E-state index in [0.29, 0.717) is 11.5 Å². The summed E-state index contributed by atoms with van der Waals surface area (Å²) in [6.45, 7) is 5.75. The van der Waals surface area contributed by atoms with Gasteiger partial charge in [-0.25, -0.2) is 0 Å². The molecule has 0 spiro atoms. The van der Waals surface area contributed by atoms with Gasteiger partial charge in [0.1, 0.15) is 0 Å². The molecular weight excluding hydrogens is 342 g/mol. The zero-order valence-corrected chi connectivity index (χ0v) is 15.3. The molecule has 0 amide bonds. The zero-order valence-electron chi connectivity index (χ0n) is 12.9. The van der Waals surface area contributed by atoms with Gasteiger partial charge in [0.15, 0.2) is 0 Å². The van der Waals surface area contributed by atoms with Crippen LogP contribution in [0.2, 0.25) is 0 Å². The number of hydrogen-bond acceptors (Lipinski definition) is 2. The minimum absolute atomic E-state index is 0.393. The summed E-state index contributed by atoms with van der Waals surface area (Å²) >= 11 is 5.57. The van der Waals surface area contributed by atoms with Crippen LogP contribution in [0.5, 0.6) is 0 Å². The van der Waals surface area contributed by atoms with E-state index in [0.717, 1.165) is 6.54 Å². The van der Waals surface area contributed by atoms with E-state index >= 15 is 0 Å². The molecule has 1 aliphatic carbocycles. The fourth-order valence-electron chi connectivity index (χ4n) is 3.85. The van der Waals surface area contributed by atoms with Gasteiger partial charge in [-0.15, -0.1) is 11.3 Å². The third kappa shape index (κ3) is 2.93. The van der Waals surface area contributed by atoms with Gasteiger partial charge in [0, 0.05) is 15.2 Å². The number of rotatable bonds is 4. The Morgan fingerprint density at radius 3 is 2.76 bits per heavy atom. The minimum Gasteiger partial charge on any atom is -0.310 e. The second kappa shape index (κ2) is 6.39. The summed E-state index contributed by atoms with van der Waals surface area (Å²) in [6, 6.07) is 7.07. The quantitative estimate of drug-likeness (QED) is 0.671. The molecule has 1 atom stereocenters. The maximum Gasteiger partial charge on any atom is 0.0488 e. The van der Waals surface area contributed by atoms with Gasteiger partial charge in [0.05, 0.1) is 0 Å². The Morgan fingerprint density at radius 2 is 2.05 bits per heavy atom. The molecule has 1 saturated carbocycles. The summed E-state index contributed by atoms with van der Waals surface area (Å²) in [7, 11) is 0. The Labute approximate surface area is 140 Å². The summed E-state index contributed by atoms with van der Waals surface area (Å²) in [5.74, 6) is 0. The highest BCUT2D eigenvalue weighted by molar-refractivity contribution is 9.10. The number of thiophene rings is 1. The molecule has 3 heteroatoms. The van der Waals surface area contributed by atoms with Gasteiger partial charge in [0.2, 0.25) is 0 Å². The molecule has 3 rings (SSSR count). The maximum atomic E-state index is 3.80. The SMILES string of the molecule is CCNC(c1csc2c(Br)cccc12)C1(C)CCCCC1. The molecule has 0 radical (unpaired) electrons. The lowest BCUT2D eigenvalue weighted by atomic mass is 9.68. The highest BCUT2D eigenvalue weighted by Crippen LogP contribution is 2.48. The Hall–Kier alpha value is -0.380. The highest BCUT2D eigenvalue weighted by atomic mass is 79.9. The molecule has 1 aliphatic rings. The van der Waals surface area contributed by atoms with Gasteiger partial charge in [-0.2, -0.15) is 0 Å². The highest BCUT2D eigenvalue weighted by Gasteiger charge is 2.37. The molecule has 1 fully saturated rings. The van der Waals surface area contributed by atoms with Crippen molar-refractivity contribution in [1.82, 2.24) is 5.32 Å². The molecule has 1 aromatic heterocycles. The number of benzene rings is 1. The maximum absolute atomic E-state index is 3.80. The van der Waals surface area contributed by atoms with Crippen LogP contribution >= 0.6 is 27.3 Å². The van der Waals surface area contributed by atoms with Crippen LogP contribution in [0, 0.1) is 5.41 Å². The van der Waals surface area contributed by atoms with E-state index in [1.54, 1.807) is 0 Å². The fourth-order valence-corrected chi connectivity index (χ4v) is 5.50. The molecule has 1 unspecified atom stereocenters. The minimum atomic E-state index is 0.393. The van der Waals surface area contributed by atoms with Crippen molar-refractivity contribution >= 4 is 37.4 Å². The summed E-state index contributed by atoms with van der Waals surface area (Å²) < 4.78 is 2.61. The number of fused-ring (bicyclic) bond motifs is 1. The van der Waals surface area contributed by atoms with Gasteiger partial charge in [0.25, 0.3) is 0 Å². The van der Waals surface area contributed by atoms with Crippen LogP contribution in [0.3, 0.4) is 0 Å². The Balaban J connectivity index is 2.05. The first kappa shape index (κ1) is 15.5. The predicted octanol–water partition coefficient (Wildman–Crippen LogP) is 6.28. The smallest absolute Gasteiger partial charge is 0.0488 e. The Kier molecular flexibility index (Phi) is 4.72. The monoisotopic (exact) mass is 365 g/mol. The second-order valence-corrected chi connectivity index (χ2v) is 8.25. The van der Waals surface area contributed by atoms with Crippen LogP contribution in [-0.2, 0) is 0 Å². The molecule has 114 valence electrons. The molecule has 1 aromatic carbocycles. The molecule has 1 heterocycles. The third-order valence-corrected chi connectivity index (χ3v) is 6.96. The Morgan fingerprint density at radius 1 is 1.29 bits per heavy atom. The molecule has 0 bridgehead atoms. The summed E-state index contributed by atoms with van der Waals surface area (Å²) in [5, 5.41) is 7.60. The molecule has 1 nitrogen and oxygen atoms in total. The predicted molar refractivity (Wildman–Crippen MR) is 97.1 cm³/mol. The van der Waals surface area contributed by atoms with Crippen LogP contribution < -0.4 is 5.32 Å². The second-order valence-electron chi connectivity index (χ2n) is 6.51. The van der Waals surface area contributed by atoms with Crippen molar-refractivity contribution < 1.29 is 0 Å². The summed E-state index contributed by atoms with van der Waals surface area (Å²) in [4.78, 5) is 0. The van der Waals surface area contributed by atoms with Crippen LogP contribution in [0.4, 0.5) is 0 Å². The zero-order chi connectivity index (χ0) is 14.9. The average Bonchev–Trinajstić information content (AvgIpc) is 2.90. The van der Waals surface area contributed by atoms with E-state index < -0.39 is 0 Å². The lowest BCUT2D eigenvalue weighted by Crippen LogP contribution is -2.37. The summed E-state index contributed by atoms with van der Waals surface area (Å²) in [6.07, 6.45) is 6.85. The van der Waals surface area contributed by atoms with Crippen LogP contribution in [0.1, 0.15) is 57.6 Å². The van der Waals surface area contributed by atoms with Crippen molar-refractivity contribution in [3.05, 3.63) is 33.6 Å². The fraction of sp³-hybridized carbons (Fsp3) is 0.556. The van der Waals surface area contributed by atoms with Gasteiger partial charge >= 0.3 is 0 Å². The first-order chi connectivity index (χ1) is 10.2. The lowest BCUT2D eigenvalue weighted by Gasteiger charge is -2.41. The van der Waals surface area contributed by atoms with E-state index in [1.165, 1.54) is 52.2 Å². The van der Waals surface area contributed by atoms with Crippen LogP contribution in [0.15, 0.2) is 28.1 Å². The van der Waals surface area contributed by atoms with Gasteiger partial charge in [-0.3, -0.25) is 0 Å². The largest absolute Gasteiger partial charge is 0.310 e. The van der Waals surface area contributed by atoms with E-state index in [2.05, 4.69) is 58.7 Å². The van der Waals surface area contributed by atoms with Crippen LogP contribution in [0.25, 0.3) is 10.1 Å². The molecule has 0 aliphatic heterocycles. The number of nitrogens with one attached hydrogen (secondary N) is 1. The van der Waals surface area contributed by atoms with Crippen molar-refractivity contribution in [3.8, 4) is 0 Å². The third-order valence-electron chi connectivity index (χ3n) is 4.99. The van der Waals surface area contributed by atoms with E-state index in [9.17, 15) is 0 Å². The van der Waals surface area contributed by atoms with Crippen molar-refractivity contribution in [1.29, 1.82) is 0 Å². The van der Waals surface area contributed by atoms with E-state index in [4.69, 9.17) is 0 Å². The van der Waals surface area contributed by atoms with Crippen molar-refractivity contribution in [3.63, 3.8) is 0 Å².